The predicted molar refractivity (Wildman–Crippen MR) is 80.7 cm³/mol. The van der Waals surface area contributed by atoms with E-state index in [0.717, 1.165) is 25.2 Å². The SMILES string of the molecule is O=C(CNc1ccccc1)N1CCC(N2CCCC2)C1. The Morgan fingerprint density at radius 3 is 2.65 bits per heavy atom. The first-order valence-electron chi connectivity index (χ1n) is 7.64. The quantitative estimate of drug-likeness (QED) is 0.908. The first-order chi connectivity index (χ1) is 9.83. The fraction of sp³-hybridized carbons (Fsp3) is 0.562. The molecule has 20 heavy (non-hydrogen) atoms. The predicted octanol–water partition coefficient (Wildman–Crippen LogP) is 1.80. The zero-order valence-corrected chi connectivity index (χ0v) is 11.9. The van der Waals surface area contributed by atoms with Crippen molar-refractivity contribution in [3.05, 3.63) is 30.3 Å². The molecule has 0 radical (unpaired) electrons. The third kappa shape index (κ3) is 3.12. The molecule has 2 saturated heterocycles. The third-order valence-electron chi connectivity index (χ3n) is 4.39. The Kier molecular flexibility index (Phi) is 4.21. The summed E-state index contributed by atoms with van der Waals surface area (Å²) in [6, 6.07) is 10.5. The van der Waals surface area contributed by atoms with Gasteiger partial charge in [-0.1, -0.05) is 18.2 Å². The maximum Gasteiger partial charge on any atom is 0.241 e. The van der Waals surface area contributed by atoms with Gasteiger partial charge < -0.3 is 10.2 Å². The summed E-state index contributed by atoms with van der Waals surface area (Å²) in [4.78, 5) is 16.8. The molecule has 0 aromatic heterocycles. The summed E-state index contributed by atoms with van der Waals surface area (Å²) in [5.74, 6) is 0.218. The molecule has 2 heterocycles. The van der Waals surface area contributed by atoms with E-state index in [1.807, 2.05) is 35.2 Å². The van der Waals surface area contributed by atoms with E-state index in [-0.39, 0.29) is 5.91 Å². The number of anilines is 1. The lowest BCUT2D eigenvalue weighted by molar-refractivity contribution is -0.128. The van der Waals surface area contributed by atoms with Crippen molar-refractivity contribution in [3.8, 4) is 0 Å². The van der Waals surface area contributed by atoms with Crippen LogP contribution < -0.4 is 5.32 Å². The van der Waals surface area contributed by atoms with Crippen LogP contribution >= 0.6 is 0 Å². The molecule has 1 aromatic rings. The summed E-state index contributed by atoms with van der Waals surface area (Å²) < 4.78 is 0. The smallest absolute Gasteiger partial charge is 0.241 e. The van der Waals surface area contributed by atoms with E-state index < -0.39 is 0 Å². The maximum absolute atomic E-state index is 12.2. The van der Waals surface area contributed by atoms with Crippen molar-refractivity contribution in [1.29, 1.82) is 0 Å². The molecular formula is C16H23N3O. The number of benzene rings is 1. The van der Waals surface area contributed by atoms with Crippen LogP contribution in [0.1, 0.15) is 19.3 Å². The van der Waals surface area contributed by atoms with Crippen LogP contribution in [0, 0.1) is 0 Å². The van der Waals surface area contributed by atoms with Crippen molar-refractivity contribution < 1.29 is 4.79 Å². The zero-order chi connectivity index (χ0) is 13.8. The Morgan fingerprint density at radius 1 is 1.15 bits per heavy atom. The minimum Gasteiger partial charge on any atom is -0.376 e. The van der Waals surface area contributed by atoms with Gasteiger partial charge in [-0.25, -0.2) is 0 Å². The van der Waals surface area contributed by atoms with Crippen LogP contribution in [0.2, 0.25) is 0 Å². The number of rotatable bonds is 4. The molecule has 0 saturated carbocycles. The largest absolute Gasteiger partial charge is 0.376 e. The van der Waals surface area contributed by atoms with E-state index in [1.165, 1.54) is 25.9 Å². The van der Waals surface area contributed by atoms with E-state index >= 15 is 0 Å². The lowest BCUT2D eigenvalue weighted by Gasteiger charge is -2.23. The van der Waals surface area contributed by atoms with Gasteiger partial charge in [0.15, 0.2) is 0 Å². The van der Waals surface area contributed by atoms with Crippen LogP contribution in [0.15, 0.2) is 30.3 Å². The van der Waals surface area contributed by atoms with Gasteiger partial charge in [0.25, 0.3) is 0 Å². The molecule has 4 heteroatoms. The highest BCUT2D eigenvalue weighted by atomic mass is 16.2. The third-order valence-corrected chi connectivity index (χ3v) is 4.39. The number of hydrogen-bond acceptors (Lipinski definition) is 3. The molecule has 1 unspecified atom stereocenters. The molecule has 108 valence electrons. The van der Waals surface area contributed by atoms with Gasteiger partial charge in [0.1, 0.15) is 0 Å². The summed E-state index contributed by atoms with van der Waals surface area (Å²) >= 11 is 0. The van der Waals surface area contributed by atoms with Crippen LogP contribution in [0.4, 0.5) is 5.69 Å². The molecule has 3 rings (SSSR count). The highest BCUT2D eigenvalue weighted by Gasteiger charge is 2.31. The molecule has 0 aliphatic carbocycles. The molecule has 2 aliphatic rings. The summed E-state index contributed by atoms with van der Waals surface area (Å²) in [6.07, 6.45) is 3.77. The minimum absolute atomic E-state index is 0.218. The molecular weight excluding hydrogens is 250 g/mol. The Bertz CT molecular complexity index is 442. The number of nitrogens with one attached hydrogen (secondary N) is 1. The monoisotopic (exact) mass is 273 g/mol. The molecule has 0 bridgehead atoms. The van der Waals surface area contributed by atoms with Gasteiger partial charge in [-0.15, -0.1) is 0 Å². The average Bonchev–Trinajstić information content (AvgIpc) is 3.16. The van der Waals surface area contributed by atoms with Crippen LogP contribution in [0.3, 0.4) is 0 Å². The Balaban J connectivity index is 1.46. The number of amides is 1. The second-order valence-corrected chi connectivity index (χ2v) is 5.74. The molecule has 0 spiro atoms. The molecule has 2 aliphatic heterocycles. The second kappa shape index (κ2) is 6.27. The topological polar surface area (TPSA) is 35.6 Å². The Morgan fingerprint density at radius 2 is 1.90 bits per heavy atom. The van der Waals surface area contributed by atoms with E-state index in [4.69, 9.17) is 0 Å². The van der Waals surface area contributed by atoms with Crippen molar-refractivity contribution in [1.82, 2.24) is 9.80 Å². The Hall–Kier alpha value is -1.55. The first-order valence-corrected chi connectivity index (χ1v) is 7.64. The number of para-hydroxylation sites is 1. The number of nitrogens with zero attached hydrogens (tertiary/aromatic N) is 2. The fourth-order valence-electron chi connectivity index (χ4n) is 3.22. The van der Waals surface area contributed by atoms with E-state index in [1.54, 1.807) is 0 Å². The van der Waals surface area contributed by atoms with Gasteiger partial charge in [0.2, 0.25) is 5.91 Å². The van der Waals surface area contributed by atoms with Crippen LogP contribution in [-0.2, 0) is 4.79 Å². The van der Waals surface area contributed by atoms with Crippen molar-refractivity contribution >= 4 is 11.6 Å². The normalized spacial score (nSPS) is 23.2. The van der Waals surface area contributed by atoms with Crippen LogP contribution in [-0.4, -0.2) is 54.5 Å². The summed E-state index contributed by atoms with van der Waals surface area (Å²) in [5, 5.41) is 3.20. The van der Waals surface area contributed by atoms with Crippen molar-refractivity contribution in [2.45, 2.75) is 25.3 Å². The van der Waals surface area contributed by atoms with Gasteiger partial charge >= 0.3 is 0 Å². The van der Waals surface area contributed by atoms with E-state index in [2.05, 4.69) is 10.2 Å². The van der Waals surface area contributed by atoms with Crippen LogP contribution in [0.5, 0.6) is 0 Å². The van der Waals surface area contributed by atoms with Gasteiger partial charge in [-0.05, 0) is 44.5 Å². The van der Waals surface area contributed by atoms with Crippen molar-refractivity contribution in [2.24, 2.45) is 0 Å². The second-order valence-electron chi connectivity index (χ2n) is 5.74. The lowest BCUT2D eigenvalue weighted by atomic mass is 10.2. The zero-order valence-electron chi connectivity index (χ0n) is 11.9. The van der Waals surface area contributed by atoms with Gasteiger partial charge in [-0.2, -0.15) is 0 Å². The molecule has 2 fully saturated rings. The number of carbonyl (C=O) groups excluding carboxylic acids is 1. The summed E-state index contributed by atoms with van der Waals surface area (Å²) in [5.41, 5.74) is 1.01. The van der Waals surface area contributed by atoms with Crippen LogP contribution in [0.25, 0.3) is 0 Å². The molecule has 1 N–H and O–H groups in total. The van der Waals surface area contributed by atoms with E-state index in [9.17, 15) is 4.79 Å². The van der Waals surface area contributed by atoms with Crippen molar-refractivity contribution in [3.63, 3.8) is 0 Å². The molecule has 1 aromatic carbocycles. The maximum atomic E-state index is 12.2. The first kappa shape index (κ1) is 13.4. The van der Waals surface area contributed by atoms with Gasteiger partial charge in [-0.3, -0.25) is 9.69 Å². The molecule has 1 amide bonds. The van der Waals surface area contributed by atoms with E-state index in [0.29, 0.717) is 12.6 Å². The summed E-state index contributed by atoms with van der Waals surface area (Å²) in [7, 11) is 0. The molecule has 1 atom stereocenters. The number of carbonyl (C=O) groups is 1. The Labute approximate surface area is 120 Å². The highest BCUT2D eigenvalue weighted by molar-refractivity contribution is 5.81. The average molecular weight is 273 g/mol. The molecule has 4 nitrogen and oxygen atoms in total. The number of likely N-dealkylation sites (tertiary alicyclic amines) is 2. The van der Waals surface area contributed by atoms with Crippen molar-refractivity contribution in [2.75, 3.05) is 38.0 Å². The number of hydrogen-bond donors (Lipinski definition) is 1. The summed E-state index contributed by atoms with van der Waals surface area (Å²) in [6.45, 7) is 4.66. The lowest BCUT2D eigenvalue weighted by Crippen LogP contribution is -2.38. The standard InChI is InChI=1S/C16H23N3O/c20-16(12-17-14-6-2-1-3-7-14)19-11-8-15(13-19)18-9-4-5-10-18/h1-3,6-7,15,17H,4-5,8-13H2. The minimum atomic E-state index is 0.218. The van der Waals surface area contributed by atoms with Gasteiger partial charge in [0.05, 0.1) is 6.54 Å². The highest BCUT2D eigenvalue weighted by Crippen LogP contribution is 2.20. The fourth-order valence-corrected chi connectivity index (χ4v) is 3.22. The van der Waals surface area contributed by atoms with Gasteiger partial charge in [0, 0.05) is 24.8 Å².